The molecule has 2 amide bonds. The van der Waals surface area contributed by atoms with Crippen molar-refractivity contribution < 1.29 is 9.59 Å². The highest BCUT2D eigenvalue weighted by molar-refractivity contribution is 7.19. The van der Waals surface area contributed by atoms with Crippen LogP contribution in [0.15, 0.2) is 54.6 Å². The second-order valence-corrected chi connectivity index (χ2v) is 10.5. The lowest BCUT2D eigenvalue weighted by atomic mass is 10.0. The van der Waals surface area contributed by atoms with Crippen LogP contribution in [0.3, 0.4) is 0 Å². The fourth-order valence-corrected chi connectivity index (χ4v) is 6.21. The summed E-state index contributed by atoms with van der Waals surface area (Å²) in [7, 11) is 0. The molecule has 35 heavy (non-hydrogen) atoms. The van der Waals surface area contributed by atoms with E-state index in [0.717, 1.165) is 39.9 Å². The second kappa shape index (κ2) is 8.16. The number of primary amides is 1. The number of carbonyl (C=O) groups is 2. The van der Waals surface area contributed by atoms with Gasteiger partial charge in [0.1, 0.15) is 5.69 Å². The van der Waals surface area contributed by atoms with Crippen LogP contribution in [-0.2, 0) is 6.42 Å². The third-order valence-corrected chi connectivity index (χ3v) is 7.99. The number of nitrogens with zero attached hydrogens (tertiary/aromatic N) is 3. The number of fused-ring (bicyclic) bond motifs is 2. The summed E-state index contributed by atoms with van der Waals surface area (Å²) in [5.74, 6) is -0.0453. The normalized spacial score (nSPS) is 20.7. The van der Waals surface area contributed by atoms with Gasteiger partial charge < -0.3 is 16.4 Å². The molecule has 3 atom stereocenters. The first-order valence-corrected chi connectivity index (χ1v) is 12.5. The number of nitrogen functional groups attached to an aromatic ring is 1. The van der Waals surface area contributed by atoms with Crippen molar-refractivity contribution in [2.24, 2.45) is 11.7 Å². The number of anilines is 1. The summed E-state index contributed by atoms with van der Waals surface area (Å²) in [6, 6.07) is 17.7. The SMILES string of the molecule is Cc1cccc(-c2sc(N)nc2C(=O)N2[C@H](Cc3ccc4cccc(C(N)=O)c4n3)C[C@@H]3C[C@@H]32)c1. The quantitative estimate of drug-likeness (QED) is 0.442. The molecule has 0 radical (unpaired) electrons. The zero-order chi connectivity index (χ0) is 24.3. The third-order valence-electron chi connectivity index (χ3n) is 7.06. The number of nitrogens with two attached hydrogens (primary N) is 2. The van der Waals surface area contributed by atoms with Crippen molar-refractivity contribution in [2.75, 3.05) is 5.73 Å². The van der Waals surface area contributed by atoms with Crippen LogP contribution >= 0.6 is 11.3 Å². The lowest BCUT2D eigenvalue weighted by Gasteiger charge is -2.27. The number of rotatable bonds is 5. The lowest BCUT2D eigenvalue weighted by molar-refractivity contribution is 0.0695. The van der Waals surface area contributed by atoms with Crippen LogP contribution in [0, 0.1) is 12.8 Å². The Bertz CT molecular complexity index is 1500. The van der Waals surface area contributed by atoms with Gasteiger partial charge in [-0.2, -0.15) is 0 Å². The van der Waals surface area contributed by atoms with E-state index in [2.05, 4.69) is 11.1 Å². The summed E-state index contributed by atoms with van der Waals surface area (Å²) in [5, 5.41) is 1.26. The summed E-state index contributed by atoms with van der Waals surface area (Å²) in [6.45, 7) is 2.03. The molecule has 1 saturated heterocycles. The summed E-state index contributed by atoms with van der Waals surface area (Å²) in [5.41, 5.74) is 16.0. The van der Waals surface area contributed by atoms with E-state index in [1.807, 2.05) is 48.2 Å². The predicted molar refractivity (Wildman–Crippen MR) is 137 cm³/mol. The number of aryl methyl sites for hydroxylation is 1. The Morgan fingerprint density at radius 3 is 2.71 bits per heavy atom. The van der Waals surface area contributed by atoms with Gasteiger partial charge in [0.05, 0.1) is 16.0 Å². The van der Waals surface area contributed by atoms with E-state index >= 15 is 0 Å². The minimum atomic E-state index is -0.496. The average Bonchev–Trinajstić information content (AvgIpc) is 3.32. The monoisotopic (exact) mass is 483 g/mol. The van der Waals surface area contributed by atoms with Gasteiger partial charge in [-0.15, -0.1) is 0 Å². The van der Waals surface area contributed by atoms with Crippen molar-refractivity contribution in [3.63, 3.8) is 0 Å². The van der Waals surface area contributed by atoms with Gasteiger partial charge in [0, 0.05) is 29.6 Å². The van der Waals surface area contributed by atoms with E-state index in [1.54, 1.807) is 12.1 Å². The number of thiazole rings is 1. The number of likely N-dealkylation sites (tertiary alicyclic amines) is 1. The molecule has 2 aromatic heterocycles. The fourth-order valence-electron chi connectivity index (χ4n) is 5.38. The number of pyridine rings is 1. The highest BCUT2D eigenvalue weighted by atomic mass is 32.1. The number of piperidine rings is 1. The Kier molecular flexibility index (Phi) is 5.07. The molecule has 0 bridgehead atoms. The summed E-state index contributed by atoms with van der Waals surface area (Å²) in [6.07, 6.45) is 2.58. The van der Waals surface area contributed by atoms with Crippen LogP contribution in [0.4, 0.5) is 5.13 Å². The van der Waals surface area contributed by atoms with E-state index < -0.39 is 5.91 Å². The zero-order valence-electron chi connectivity index (χ0n) is 19.3. The van der Waals surface area contributed by atoms with Gasteiger partial charge in [-0.05, 0) is 43.4 Å². The third kappa shape index (κ3) is 3.83. The van der Waals surface area contributed by atoms with Gasteiger partial charge in [-0.25, -0.2) is 4.98 Å². The Morgan fingerprint density at radius 2 is 1.91 bits per heavy atom. The van der Waals surface area contributed by atoms with Gasteiger partial charge in [0.2, 0.25) is 0 Å². The highest BCUT2D eigenvalue weighted by Gasteiger charge is 2.54. The molecule has 8 heteroatoms. The van der Waals surface area contributed by atoms with Crippen LogP contribution in [0.1, 0.15) is 44.9 Å². The lowest BCUT2D eigenvalue weighted by Crippen LogP contribution is -2.40. The van der Waals surface area contributed by atoms with Crippen LogP contribution in [0.2, 0.25) is 0 Å². The molecule has 176 valence electrons. The number of amides is 2. The maximum Gasteiger partial charge on any atom is 0.274 e. The van der Waals surface area contributed by atoms with Crippen molar-refractivity contribution >= 4 is 39.2 Å². The smallest absolute Gasteiger partial charge is 0.274 e. The predicted octanol–water partition coefficient (Wildman–Crippen LogP) is 4.19. The number of hydrogen-bond donors (Lipinski definition) is 2. The molecule has 2 aromatic carbocycles. The molecule has 0 spiro atoms. The number of hydrogen-bond acceptors (Lipinski definition) is 6. The van der Waals surface area contributed by atoms with Gasteiger partial charge in [0.25, 0.3) is 11.8 Å². The minimum absolute atomic E-state index is 0.0187. The number of carbonyl (C=O) groups excluding carboxylic acids is 2. The molecule has 0 unspecified atom stereocenters. The van der Waals surface area contributed by atoms with Crippen molar-refractivity contribution in [1.29, 1.82) is 0 Å². The standard InChI is InChI=1S/C27H25N5O2S/c1-14-4-2-6-16(10-14)24-23(31-27(29)35-24)26(34)32-19(11-17-12-21(17)32)13-18-9-8-15-5-3-7-20(25(28)33)22(15)30-18/h2-10,17,19,21H,11-13H2,1H3,(H2,28,33)(H2,29,31)/t17-,19+,21+/m1/s1. The molecule has 1 aliphatic carbocycles. The minimum Gasteiger partial charge on any atom is -0.375 e. The Hall–Kier alpha value is -3.78. The maximum atomic E-state index is 13.9. The fraction of sp³-hybridized carbons (Fsp3) is 0.259. The number of para-hydroxylation sites is 1. The molecule has 4 aromatic rings. The van der Waals surface area contributed by atoms with Crippen molar-refractivity contribution in [2.45, 2.75) is 38.3 Å². The first kappa shape index (κ1) is 21.7. The second-order valence-electron chi connectivity index (χ2n) is 9.51. The molecule has 6 rings (SSSR count). The maximum absolute atomic E-state index is 13.9. The molecule has 4 N–H and O–H groups in total. The molecule has 7 nitrogen and oxygen atoms in total. The molecular formula is C27H25N5O2S. The van der Waals surface area contributed by atoms with Crippen LogP contribution in [0.25, 0.3) is 21.3 Å². The Labute approximate surface area is 206 Å². The van der Waals surface area contributed by atoms with Crippen molar-refractivity contribution in [3.05, 3.63) is 77.1 Å². The van der Waals surface area contributed by atoms with E-state index in [0.29, 0.717) is 34.2 Å². The topological polar surface area (TPSA) is 115 Å². The van der Waals surface area contributed by atoms with Crippen LogP contribution < -0.4 is 11.5 Å². The largest absolute Gasteiger partial charge is 0.375 e. The van der Waals surface area contributed by atoms with Gasteiger partial charge in [-0.3, -0.25) is 14.6 Å². The molecule has 1 aliphatic heterocycles. The van der Waals surface area contributed by atoms with Crippen molar-refractivity contribution in [3.8, 4) is 10.4 Å². The molecule has 2 fully saturated rings. The van der Waals surface area contributed by atoms with E-state index in [9.17, 15) is 9.59 Å². The molecule has 2 aliphatic rings. The highest BCUT2D eigenvalue weighted by Crippen LogP contribution is 2.49. The van der Waals surface area contributed by atoms with E-state index in [1.165, 1.54) is 11.3 Å². The van der Waals surface area contributed by atoms with Gasteiger partial charge >= 0.3 is 0 Å². The summed E-state index contributed by atoms with van der Waals surface area (Å²) < 4.78 is 0. The average molecular weight is 484 g/mol. The molecule has 3 heterocycles. The Balaban J connectivity index is 1.32. The van der Waals surface area contributed by atoms with Crippen LogP contribution in [0.5, 0.6) is 0 Å². The van der Waals surface area contributed by atoms with Crippen LogP contribution in [-0.4, -0.2) is 38.8 Å². The van der Waals surface area contributed by atoms with E-state index in [-0.39, 0.29) is 18.0 Å². The summed E-state index contributed by atoms with van der Waals surface area (Å²) in [4.78, 5) is 37.8. The van der Waals surface area contributed by atoms with Gasteiger partial charge in [-0.1, -0.05) is 59.4 Å². The zero-order valence-corrected chi connectivity index (χ0v) is 20.1. The number of benzene rings is 2. The van der Waals surface area contributed by atoms with Crippen molar-refractivity contribution in [1.82, 2.24) is 14.9 Å². The molecular weight excluding hydrogens is 458 g/mol. The first-order chi connectivity index (χ1) is 16.9. The van der Waals surface area contributed by atoms with Gasteiger partial charge in [0.15, 0.2) is 5.13 Å². The number of aromatic nitrogens is 2. The first-order valence-electron chi connectivity index (χ1n) is 11.7. The molecule has 1 saturated carbocycles. The summed E-state index contributed by atoms with van der Waals surface area (Å²) >= 11 is 1.35. The van der Waals surface area contributed by atoms with E-state index in [4.69, 9.17) is 16.5 Å². The Morgan fingerprint density at radius 1 is 1.09 bits per heavy atom.